The van der Waals surface area contributed by atoms with Crippen LogP contribution in [0.5, 0.6) is 0 Å². The smallest absolute Gasteiger partial charge is 0.416 e. The fraction of sp³-hybridized carbons (Fsp3) is 0.300. The summed E-state index contributed by atoms with van der Waals surface area (Å²) in [5.74, 6) is -3.41. The van der Waals surface area contributed by atoms with E-state index in [1.54, 1.807) is 30.3 Å². The molecule has 3 rings (SSSR count). The maximum atomic E-state index is 14.6. The Morgan fingerprint density at radius 1 is 1.00 bits per heavy atom. The van der Waals surface area contributed by atoms with Gasteiger partial charge in [-0.2, -0.15) is 13.2 Å². The molecule has 3 atom stereocenters. The van der Waals surface area contributed by atoms with Crippen LogP contribution in [-0.4, -0.2) is 35.0 Å². The van der Waals surface area contributed by atoms with E-state index in [-0.39, 0.29) is 18.7 Å². The summed E-state index contributed by atoms with van der Waals surface area (Å²) in [7, 11) is 0. The largest absolute Gasteiger partial charge is 0.481 e. The van der Waals surface area contributed by atoms with Gasteiger partial charge in [-0.1, -0.05) is 42.5 Å². The third kappa shape index (κ3) is 4.00. The van der Waals surface area contributed by atoms with Crippen molar-refractivity contribution in [1.82, 2.24) is 4.90 Å². The van der Waals surface area contributed by atoms with Gasteiger partial charge in [0.25, 0.3) is 5.91 Å². The Labute approximate surface area is 158 Å². The van der Waals surface area contributed by atoms with E-state index in [0.717, 1.165) is 22.6 Å². The van der Waals surface area contributed by atoms with Crippen LogP contribution in [0.25, 0.3) is 0 Å². The van der Waals surface area contributed by atoms with Gasteiger partial charge in [-0.15, -0.1) is 0 Å². The van der Waals surface area contributed by atoms with Gasteiger partial charge in [-0.05, 0) is 23.3 Å². The number of hydrogen-bond donors (Lipinski definition) is 1. The minimum atomic E-state index is -4.55. The Bertz CT molecular complexity index is 852. The zero-order valence-electron chi connectivity index (χ0n) is 14.6. The molecule has 0 bridgehead atoms. The Morgan fingerprint density at radius 2 is 1.61 bits per heavy atom. The maximum Gasteiger partial charge on any atom is 0.416 e. The van der Waals surface area contributed by atoms with Crippen LogP contribution in [0.3, 0.4) is 0 Å². The number of alkyl halides is 4. The first kappa shape index (κ1) is 19.9. The highest BCUT2D eigenvalue weighted by atomic mass is 19.4. The summed E-state index contributed by atoms with van der Waals surface area (Å²) < 4.78 is 52.5. The number of nitrogens with zero attached hydrogens (tertiary/aromatic N) is 1. The zero-order valence-corrected chi connectivity index (χ0v) is 14.6. The van der Waals surface area contributed by atoms with Crippen molar-refractivity contribution in [2.75, 3.05) is 13.1 Å². The standard InChI is InChI=1S/C20H17F4NO3/c21-17(13-6-8-14(9-7-13)20(22,23)24)18(26)25-10-15(16(11-25)19(27)28)12-4-2-1-3-5-12/h1-9,15-17H,10-11H2,(H,27,28)/t15-,16-,17?/m1/s1. The van der Waals surface area contributed by atoms with E-state index in [4.69, 9.17) is 0 Å². The van der Waals surface area contributed by atoms with Crippen LogP contribution in [0.4, 0.5) is 17.6 Å². The molecule has 1 fully saturated rings. The lowest BCUT2D eigenvalue weighted by molar-refractivity contribution is -0.142. The predicted octanol–water partition coefficient (Wildman–Crippen LogP) is 4.04. The number of aliphatic carboxylic acids is 1. The summed E-state index contributed by atoms with van der Waals surface area (Å²) in [5, 5.41) is 9.47. The molecule has 148 valence electrons. The van der Waals surface area contributed by atoms with Crippen LogP contribution >= 0.6 is 0 Å². The van der Waals surface area contributed by atoms with Crippen LogP contribution < -0.4 is 0 Å². The lowest BCUT2D eigenvalue weighted by atomic mass is 9.89. The van der Waals surface area contributed by atoms with Gasteiger partial charge in [-0.3, -0.25) is 9.59 Å². The molecule has 4 nitrogen and oxygen atoms in total. The Kier molecular flexibility index (Phi) is 5.40. The summed E-state index contributed by atoms with van der Waals surface area (Å²) in [4.78, 5) is 25.2. The normalized spacial score (nSPS) is 20.8. The Balaban J connectivity index is 1.77. The van der Waals surface area contributed by atoms with Crippen LogP contribution in [0.1, 0.15) is 28.8 Å². The van der Waals surface area contributed by atoms with Crippen LogP contribution in [0, 0.1) is 5.92 Å². The van der Waals surface area contributed by atoms with Crippen LogP contribution in [0.2, 0.25) is 0 Å². The molecule has 1 aliphatic heterocycles. The molecule has 0 aromatic heterocycles. The van der Waals surface area contributed by atoms with Gasteiger partial charge in [0.05, 0.1) is 11.5 Å². The molecule has 28 heavy (non-hydrogen) atoms. The molecule has 8 heteroatoms. The van der Waals surface area contributed by atoms with Crippen molar-refractivity contribution in [3.8, 4) is 0 Å². The predicted molar refractivity (Wildman–Crippen MR) is 92.2 cm³/mol. The average molecular weight is 395 g/mol. The van der Waals surface area contributed by atoms with E-state index < -0.39 is 41.6 Å². The molecular formula is C20H17F4NO3. The maximum absolute atomic E-state index is 14.6. The van der Waals surface area contributed by atoms with Crippen molar-refractivity contribution in [1.29, 1.82) is 0 Å². The minimum Gasteiger partial charge on any atom is -0.481 e. The molecule has 0 saturated carbocycles. The van der Waals surface area contributed by atoms with E-state index in [2.05, 4.69) is 0 Å². The molecule has 0 spiro atoms. The second-order valence-corrected chi connectivity index (χ2v) is 6.69. The van der Waals surface area contributed by atoms with Gasteiger partial charge in [0.1, 0.15) is 0 Å². The van der Waals surface area contributed by atoms with Crippen molar-refractivity contribution in [3.63, 3.8) is 0 Å². The first-order valence-electron chi connectivity index (χ1n) is 8.56. The first-order valence-corrected chi connectivity index (χ1v) is 8.56. The monoisotopic (exact) mass is 395 g/mol. The lowest BCUT2D eigenvalue weighted by Crippen LogP contribution is -2.32. The van der Waals surface area contributed by atoms with E-state index >= 15 is 0 Å². The number of carbonyl (C=O) groups excluding carboxylic acids is 1. The number of carboxylic acids is 1. The van der Waals surface area contributed by atoms with Crippen molar-refractivity contribution < 1.29 is 32.3 Å². The number of carbonyl (C=O) groups is 2. The van der Waals surface area contributed by atoms with Crippen LogP contribution in [-0.2, 0) is 15.8 Å². The number of likely N-dealkylation sites (tertiary alicyclic amines) is 1. The molecule has 1 saturated heterocycles. The van der Waals surface area contributed by atoms with Gasteiger partial charge >= 0.3 is 12.1 Å². The van der Waals surface area contributed by atoms with Crippen molar-refractivity contribution in [2.24, 2.45) is 5.92 Å². The minimum absolute atomic E-state index is 0.0286. The molecular weight excluding hydrogens is 378 g/mol. The zero-order chi connectivity index (χ0) is 20.5. The highest BCUT2D eigenvalue weighted by Gasteiger charge is 2.42. The third-order valence-electron chi connectivity index (χ3n) is 4.92. The molecule has 1 heterocycles. The molecule has 1 unspecified atom stereocenters. The van der Waals surface area contributed by atoms with Gasteiger partial charge in [0.15, 0.2) is 0 Å². The molecule has 0 aliphatic carbocycles. The van der Waals surface area contributed by atoms with Crippen molar-refractivity contribution in [3.05, 3.63) is 71.3 Å². The van der Waals surface area contributed by atoms with Gasteiger partial charge < -0.3 is 10.0 Å². The summed E-state index contributed by atoms with van der Waals surface area (Å²) in [6.45, 7) is -0.129. The van der Waals surface area contributed by atoms with Crippen LogP contribution in [0.15, 0.2) is 54.6 Å². The molecule has 1 amide bonds. The summed E-state index contributed by atoms with van der Waals surface area (Å²) in [6, 6.07) is 12.0. The van der Waals surface area contributed by atoms with Gasteiger partial charge in [-0.25, -0.2) is 4.39 Å². The summed E-state index contributed by atoms with van der Waals surface area (Å²) in [6.07, 6.45) is -6.72. The summed E-state index contributed by atoms with van der Waals surface area (Å²) in [5.41, 5.74) is -0.407. The second kappa shape index (κ2) is 7.61. The van der Waals surface area contributed by atoms with Gasteiger partial charge in [0, 0.05) is 19.0 Å². The number of rotatable bonds is 4. The Morgan fingerprint density at radius 3 is 2.14 bits per heavy atom. The fourth-order valence-corrected chi connectivity index (χ4v) is 3.42. The topological polar surface area (TPSA) is 57.6 Å². The lowest BCUT2D eigenvalue weighted by Gasteiger charge is -2.19. The van der Waals surface area contributed by atoms with E-state index in [1.165, 1.54) is 0 Å². The SMILES string of the molecule is O=C(O)[C@@H]1CN(C(=O)C(F)c2ccc(C(F)(F)F)cc2)C[C@@H]1c1ccccc1. The highest BCUT2D eigenvalue weighted by Crippen LogP contribution is 2.35. The molecule has 0 radical (unpaired) electrons. The number of carboxylic acid groups (broad SMARTS) is 1. The molecule has 2 aromatic rings. The fourth-order valence-electron chi connectivity index (χ4n) is 3.42. The Hall–Kier alpha value is -2.90. The summed E-state index contributed by atoms with van der Waals surface area (Å²) >= 11 is 0. The molecule has 1 aliphatic rings. The van der Waals surface area contributed by atoms with Gasteiger partial charge in [0.2, 0.25) is 6.17 Å². The quantitative estimate of drug-likeness (QED) is 0.795. The number of halogens is 4. The van der Waals surface area contributed by atoms with E-state index in [9.17, 15) is 32.3 Å². The third-order valence-corrected chi connectivity index (χ3v) is 4.92. The van der Waals surface area contributed by atoms with E-state index in [1.807, 2.05) is 0 Å². The molecule has 2 aromatic carbocycles. The van der Waals surface area contributed by atoms with E-state index in [0.29, 0.717) is 12.1 Å². The first-order chi connectivity index (χ1) is 13.2. The average Bonchev–Trinajstić information content (AvgIpc) is 3.13. The number of amides is 1. The number of benzene rings is 2. The van der Waals surface area contributed by atoms with Crippen molar-refractivity contribution in [2.45, 2.75) is 18.3 Å². The number of hydrogen-bond acceptors (Lipinski definition) is 2. The highest BCUT2D eigenvalue weighted by molar-refractivity contribution is 5.84. The van der Waals surface area contributed by atoms with Crippen molar-refractivity contribution >= 4 is 11.9 Å². The second-order valence-electron chi connectivity index (χ2n) is 6.69. The molecule has 1 N–H and O–H groups in total.